The molecule has 0 spiro atoms. The summed E-state index contributed by atoms with van der Waals surface area (Å²) in [4.78, 5) is 24.9. The van der Waals surface area contributed by atoms with Crippen LogP contribution in [0.25, 0.3) is 0 Å². The third kappa shape index (κ3) is 3.37. The third-order valence-electron chi connectivity index (χ3n) is 3.33. The molecule has 0 bridgehead atoms. The largest absolute Gasteiger partial charge is 0.481 e. The summed E-state index contributed by atoms with van der Waals surface area (Å²) in [6, 6.07) is 5.49. The van der Waals surface area contributed by atoms with Gasteiger partial charge in [0.2, 0.25) is 0 Å². The average molecular weight is 342 g/mol. The molecule has 1 aromatic carbocycles. The number of benzene rings is 1. The lowest BCUT2D eigenvalue weighted by Crippen LogP contribution is -2.46. The van der Waals surface area contributed by atoms with Gasteiger partial charge in [-0.25, -0.2) is 0 Å². The summed E-state index contributed by atoms with van der Waals surface area (Å²) in [6.45, 7) is 3.06. The summed E-state index contributed by atoms with van der Waals surface area (Å²) < 4.78 is 6.26. The number of halogens is 1. The van der Waals surface area contributed by atoms with Crippen molar-refractivity contribution in [1.29, 1.82) is 0 Å². The lowest BCUT2D eigenvalue weighted by atomic mass is 10.1. The first-order valence-corrected chi connectivity index (χ1v) is 7.16. The minimum absolute atomic E-state index is 0.0810. The van der Waals surface area contributed by atoms with E-state index < -0.39 is 12.1 Å². The van der Waals surface area contributed by atoms with Crippen molar-refractivity contribution in [3.63, 3.8) is 0 Å². The maximum Gasteiger partial charge on any atom is 0.306 e. The standard InChI is InChI=1S/C14H16BrNO4/c1-9-11(3-2-4-12(9)15)14(19)16-5-6-20-10(8-16)7-13(17)18/h2-4,10H,5-8H2,1H3,(H,17,18). The molecule has 1 saturated heterocycles. The molecule has 1 amide bonds. The van der Waals surface area contributed by atoms with Crippen LogP contribution in [0.5, 0.6) is 0 Å². The Kier molecular flexibility index (Phi) is 4.77. The van der Waals surface area contributed by atoms with Crippen LogP contribution in [0.4, 0.5) is 0 Å². The Balaban J connectivity index is 2.12. The van der Waals surface area contributed by atoms with E-state index in [9.17, 15) is 9.59 Å². The number of hydrogen-bond acceptors (Lipinski definition) is 3. The van der Waals surface area contributed by atoms with Gasteiger partial charge >= 0.3 is 5.97 Å². The van der Waals surface area contributed by atoms with E-state index in [1.54, 1.807) is 11.0 Å². The minimum Gasteiger partial charge on any atom is -0.481 e. The second-order valence-electron chi connectivity index (χ2n) is 4.75. The normalized spacial score (nSPS) is 18.9. The Hall–Kier alpha value is -1.40. The lowest BCUT2D eigenvalue weighted by molar-refractivity contribution is -0.141. The molecule has 20 heavy (non-hydrogen) atoms. The number of amides is 1. The van der Waals surface area contributed by atoms with E-state index in [0.717, 1.165) is 10.0 Å². The number of carboxylic acid groups (broad SMARTS) is 1. The molecule has 1 aliphatic heterocycles. The van der Waals surface area contributed by atoms with Gasteiger partial charge in [-0.15, -0.1) is 0 Å². The number of carbonyl (C=O) groups excluding carboxylic acids is 1. The second kappa shape index (κ2) is 6.37. The molecule has 6 heteroatoms. The van der Waals surface area contributed by atoms with Crippen molar-refractivity contribution in [2.45, 2.75) is 19.4 Å². The Labute approximate surface area is 125 Å². The fourth-order valence-electron chi connectivity index (χ4n) is 2.23. The number of nitrogens with zero attached hydrogens (tertiary/aromatic N) is 1. The number of rotatable bonds is 3. The number of morpholine rings is 1. The highest BCUT2D eigenvalue weighted by molar-refractivity contribution is 9.10. The molecule has 1 aromatic rings. The van der Waals surface area contributed by atoms with Gasteiger partial charge in [-0.3, -0.25) is 9.59 Å². The SMILES string of the molecule is Cc1c(Br)cccc1C(=O)N1CCOC(CC(=O)O)C1. The second-order valence-corrected chi connectivity index (χ2v) is 5.61. The molecule has 1 N–H and O–H groups in total. The van der Waals surface area contributed by atoms with E-state index in [2.05, 4.69) is 15.9 Å². The van der Waals surface area contributed by atoms with E-state index in [4.69, 9.17) is 9.84 Å². The van der Waals surface area contributed by atoms with E-state index in [-0.39, 0.29) is 12.3 Å². The lowest BCUT2D eigenvalue weighted by Gasteiger charge is -2.32. The van der Waals surface area contributed by atoms with Crippen LogP contribution in [0, 0.1) is 6.92 Å². The zero-order valence-electron chi connectivity index (χ0n) is 11.1. The van der Waals surface area contributed by atoms with Crippen LogP contribution in [0.3, 0.4) is 0 Å². The Bertz CT molecular complexity index is 532. The Morgan fingerprint density at radius 2 is 2.25 bits per heavy atom. The van der Waals surface area contributed by atoms with Crippen LogP contribution in [0.15, 0.2) is 22.7 Å². The van der Waals surface area contributed by atoms with Crippen molar-refractivity contribution in [1.82, 2.24) is 4.90 Å². The fraction of sp³-hybridized carbons (Fsp3) is 0.429. The molecule has 1 fully saturated rings. The molecule has 1 aliphatic rings. The van der Waals surface area contributed by atoms with Gasteiger partial charge in [0.15, 0.2) is 0 Å². The van der Waals surface area contributed by atoms with Crippen LogP contribution < -0.4 is 0 Å². The monoisotopic (exact) mass is 341 g/mol. The van der Waals surface area contributed by atoms with Crippen LogP contribution >= 0.6 is 15.9 Å². The topological polar surface area (TPSA) is 66.8 Å². The molecule has 1 unspecified atom stereocenters. The van der Waals surface area contributed by atoms with Gasteiger partial charge < -0.3 is 14.7 Å². The third-order valence-corrected chi connectivity index (χ3v) is 4.19. The minimum atomic E-state index is -0.914. The van der Waals surface area contributed by atoms with Crippen molar-refractivity contribution >= 4 is 27.8 Å². The molecule has 0 radical (unpaired) electrons. The molecular weight excluding hydrogens is 326 g/mol. The van der Waals surface area contributed by atoms with Gasteiger partial charge in [0, 0.05) is 23.1 Å². The number of carbonyl (C=O) groups is 2. The zero-order chi connectivity index (χ0) is 14.7. The molecule has 2 rings (SSSR count). The van der Waals surface area contributed by atoms with Gasteiger partial charge in [-0.2, -0.15) is 0 Å². The van der Waals surface area contributed by atoms with Crippen molar-refractivity contribution in [3.05, 3.63) is 33.8 Å². The van der Waals surface area contributed by atoms with Crippen LogP contribution in [-0.4, -0.2) is 47.7 Å². The highest BCUT2D eigenvalue weighted by Gasteiger charge is 2.27. The summed E-state index contributed by atoms with van der Waals surface area (Å²) in [5.41, 5.74) is 1.52. The van der Waals surface area contributed by atoms with E-state index >= 15 is 0 Å². The van der Waals surface area contributed by atoms with Crippen molar-refractivity contribution in [2.75, 3.05) is 19.7 Å². The molecule has 108 valence electrons. The van der Waals surface area contributed by atoms with E-state index in [0.29, 0.717) is 25.3 Å². The van der Waals surface area contributed by atoms with E-state index in [1.165, 1.54) is 0 Å². The average Bonchev–Trinajstić information content (AvgIpc) is 2.41. The predicted octanol–water partition coefficient (Wildman–Crippen LogP) is 2.07. The fourth-order valence-corrected chi connectivity index (χ4v) is 2.60. The van der Waals surface area contributed by atoms with Crippen molar-refractivity contribution in [2.24, 2.45) is 0 Å². The van der Waals surface area contributed by atoms with E-state index in [1.807, 2.05) is 19.1 Å². The summed E-state index contributed by atoms with van der Waals surface area (Å²) in [7, 11) is 0. The number of aliphatic carboxylic acids is 1. The highest BCUT2D eigenvalue weighted by Crippen LogP contribution is 2.22. The molecule has 0 aromatic heterocycles. The van der Waals surface area contributed by atoms with Gasteiger partial charge in [0.1, 0.15) is 0 Å². The molecule has 1 heterocycles. The first-order valence-electron chi connectivity index (χ1n) is 6.37. The predicted molar refractivity (Wildman–Crippen MR) is 76.8 cm³/mol. The Morgan fingerprint density at radius 1 is 1.50 bits per heavy atom. The number of carboxylic acids is 1. The van der Waals surface area contributed by atoms with Gasteiger partial charge in [-0.05, 0) is 24.6 Å². The molecular formula is C14H16BrNO4. The Morgan fingerprint density at radius 3 is 2.95 bits per heavy atom. The molecule has 5 nitrogen and oxygen atoms in total. The highest BCUT2D eigenvalue weighted by atomic mass is 79.9. The van der Waals surface area contributed by atoms with Gasteiger partial charge in [0.25, 0.3) is 5.91 Å². The quantitative estimate of drug-likeness (QED) is 0.913. The number of ether oxygens (including phenoxy) is 1. The smallest absolute Gasteiger partial charge is 0.306 e. The summed E-state index contributed by atoms with van der Waals surface area (Å²) in [5, 5.41) is 8.80. The summed E-state index contributed by atoms with van der Waals surface area (Å²) >= 11 is 3.41. The molecule has 0 saturated carbocycles. The maximum absolute atomic E-state index is 12.5. The van der Waals surface area contributed by atoms with Gasteiger partial charge in [-0.1, -0.05) is 22.0 Å². The maximum atomic E-state index is 12.5. The molecule has 0 aliphatic carbocycles. The van der Waals surface area contributed by atoms with Crippen molar-refractivity contribution in [3.8, 4) is 0 Å². The zero-order valence-corrected chi connectivity index (χ0v) is 12.7. The van der Waals surface area contributed by atoms with Crippen LogP contribution in [-0.2, 0) is 9.53 Å². The first kappa shape index (κ1) is 15.0. The van der Waals surface area contributed by atoms with Gasteiger partial charge in [0.05, 0.1) is 19.1 Å². The number of hydrogen-bond donors (Lipinski definition) is 1. The summed E-state index contributed by atoms with van der Waals surface area (Å²) in [6.07, 6.45) is -0.515. The van der Waals surface area contributed by atoms with Crippen LogP contribution in [0.1, 0.15) is 22.3 Å². The molecule has 1 atom stereocenters. The summed E-state index contributed by atoms with van der Waals surface area (Å²) in [5.74, 6) is -0.995. The van der Waals surface area contributed by atoms with Crippen LogP contribution in [0.2, 0.25) is 0 Å². The first-order chi connectivity index (χ1) is 9.49. The van der Waals surface area contributed by atoms with Crippen molar-refractivity contribution < 1.29 is 19.4 Å².